The summed E-state index contributed by atoms with van der Waals surface area (Å²) in [5.41, 5.74) is 2.43. The number of carbonyl (C=O) groups is 2. The molecule has 21 heteroatoms. The molecule has 0 radical (unpaired) electrons. The van der Waals surface area contributed by atoms with E-state index >= 15 is 0 Å². The average molecular weight is 1050 g/mol. The number of nitrogens with zero attached hydrogens (tertiary/aromatic N) is 7. The summed E-state index contributed by atoms with van der Waals surface area (Å²) in [5.74, 6) is 0.486. The van der Waals surface area contributed by atoms with Gasteiger partial charge in [0.05, 0.1) is 35.1 Å². The molecule has 0 bridgehead atoms. The van der Waals surface area contributed by atoms with Crippen LogP contribution in [-0.4, -0.2) is 107 Å². The molecule has 0 fully saturated rings. The zero-order chi connectivity index (χ0) is 46.5. The molecule has 1 N–H and O–H groups in total. The van der Waals surface area contributed by atoms with E-state index in [1.807, 2.05) is 75.7 Å². The van der Waals surface area contributed by atoms with Gasteiger partial charge in [0.15, 0.2) is 21.6 Å². The smallest absolute Gasteiger partial charge is 0.337 e. The summed E-state index contributed by atoms with van der Waals surface area (Å²) >= 11 is 8.65. The largest absolute Gasteiger partial charge is 0.465 e. The number of ether oxygens (including phenoxy) is 2. The number of carbonyl (C=O) groups excluding carboxylic acids is 2. The van der Waals surface area contributed by atoms with Crippen molar-refractivity contribution in [2.45, 2.75) is 47.5 Å². The fourth-order valence-electron chi connectivity index (χ4n) is 5.86. The number of H-pyrrole nitrogens is 1. The Kier molecular flexibility index (Phi) is 18.8. The normalized spacial score (nSPS) is 11.3. The number of aromatic nitrogens is 6. The number of nitrogens with one attached hydrogen (secondary N) is 1. The first-order valence-electron chi connectivity index (χ1n) is 19.4. The van der Waals surface area contributed by atoms with Gasteiger partial charge in [-0.05, 0) is 119 Å². The second-order valence-corrected chi connectivity index (χ2v) is 19.7. The number of halogens is 1. The van der Waals surface area contributed by atoms with Gasteiger partial charge in [0.25, 0.3) is 0 Å². The number of rotatable bonds is 14. The summed E-state index contributed by atoms with van der Waals surface area (Å²) in [6.45, 7) is 8.96. The fraction of sp³-hybridized carbons (Fsp3) is 0.286. The van der Waals surface area contributed by atoms with Crippen LogP contribution in [0.5, 0.6) is 0 Å². The second kappa shape index (κ2) is 23.2. The Bertz CT molecular complexity index is 2770. The van der Waals surface area contributed by atoms with Crippen molar-refractivity contribution in [3.8, 4) is 22.8 Å². The minimum atomic E-state index is -3.57. The highest BCUT2D eigenvalue weighted by molar-refractivity contribution is 14.1. The molecule has 0 aliphatic rings. The third-order valence-corrected chi connectivity index (χ3v) is 15.6. The highest BCUT2D eigenvalue weighted by Crippen LogP contribution is 2.30. The van der Waals surface area contributed by atoms with Crippen LogP contribution in [-0.2, 0) is 43.6 Å². The lowest BCUT2D eigenvalue weighted by Gasteiger charge is -2.18. The summed E-state index contributed by atoms with van der Waals surface area (Å²) in [4.78, 5) is 23.8. The number of esters is 2. The van der Waals surface area contributed by atoms with Crippen molar-refractivity contribution in [2.24, 2.45) is 14.1 Å². The van der Waals surface area contributed by atoms with E-state index in [2.05, 4.69) is 47.7 Å². The van der Waals surface area contributed by atoms with E-state index in [-0.39, 0.29) is 15.8 Å². The molecule has 0 aliphatic carbocycles. The Balaban J connectivity index is 0.000000233. The molecular formula is C42H49IN8O8S4. The molecule has 2 heterocycles. The van der Waals surface area contributed by atoms with Gasteiger partial charge in [-0.2, -0.15) is 13.7 Å². The zero-order valence-electron chi connectivity index (χ0n) is 36.0. The first-order chi connectivity index (χ1) is 30.0. The first-order valence-corrected chi connectivity index (χ1v) is 24.6. The van der Waals surface area contributed by atoms with Gasteiger partial charge in [0.1, 0.15) is 0 Å². The maximum absolute atomic E-state index is 12.9. The SMILES string of the molecule is CCN(CC)S(=O)(=O)c1cccc(-c2n[nH]c(=S)n2C)c1.CCN(CC)S(=O)(=O)c1cccc(-c2nnc(Sc3ccc(C(=O)OC)cc3)n2C)c1.COC(=O)c1ccc(I)cc1. The van der Waals surface area contributed by atoms with Crippen LogP contribution in [0.1, 0.15) is 48.4 Å². The number of benzene rings is 4. The highest BCUT2D eigenvalue weighted by atomic mass is 127. The van der Waals surface area contributed by atoms with Gasteiger partial charge in [-0.3, -0.25) is 5.10 Å². The van der Waals surface area contributed by atoms with Crippen LogP contribution in [0, 0.1) is 8.34 Å². The summed E-state index contributed by atoms with van der Waals surface area (Å²) in [6, 6.07) is 27.7. The van der Waals surface area contributed by atoms with E-state index in [9.17, 15) is 26.4 Å². The maximum atomic E-state index is 12.9. The van der Waals surface area contributed by atoms with Crippen LogP contribution in [0.2, 0.25) is 0 Å². The molecule has 0 saturated carbocycles. The second-order valence-electron chi connectivity index (χ2n) is 13.1. The Morgan fingerprint density at radius 3 is 1.54 bits per heavy atom. The average Bonchev–Trinajstić information content (AvgIpc) is 3.83. The van der Waals surface area contributed by atoms with Gasteiger partial charge < -0.3 is 18.6 Å². The van der Waals surface area contributed by atoms with Crippen LogP contribution in [0.15, 0.2) is 117 Å². The minimum absolute atomic E-state index is 0.226. The maximum Gasteiger partial charge on any atom is 0.337 e. The molecule has 16 nitrogen and oxygen atoms in total. The van der Waals surface area contributed by atoms with Crippen LogP contribution in [0.3, 0.4) is 0 Å². The van der Waals surface area contributed by atoms with Gasteiger partial charge in [0, 0.05) is 59.9 Å². The molecule has 336 valence electrons. The molecule has 0 atom stereocenters. The highest BCUT2D eigenvalue weighted by Gasteiger charge is 2.24. The number of hydrogen-bond donors (Lipinski definition) is 1. The predicted molar refractivity (Wildman–Crippen MR) is 253 cm³/mol. The molecule has 4 aromatic carbocycles. The molecule has 2 aromatic heterocycles. The minimum Gasteiger partial charge on any atom is -0.465 e. The zero-order valence-corrected chi connectivity index (χ0v) is 41.4. The Hall–Kier alpha value is -4.78. The van der Waals surface area contributed by atoms with Gasteiger partial charge in [0.2, 0.25) is 20.0 Å². The lowest BCUT2D eigenvalue weighted by Crippen LogP contribution is -2.30. The summed E-state index contributed by atoms with van der Waals surface area (Å²) in [6.07, 6.45) is 0. The molecule has 0 saturated heterocycles. The molecule has 0 unspecified atom stereocenters. The van der Waals surface area contributed by atoms with Crippen LogP contribution in [0.25, 0.3) is 22.8 Å². The monoisotopic (exact) mass is 1050 g/mol. The van der Waals surface area contributed by atoms with Crippen molar-refractivity contribution < 1.29 is 35.9 Å². The standard InChI is InChI=1S/C21H24N4O4S2.C13H18N4O2S2.C8H7IO2/c1-5-25(6-2)31(27,28)18-9-7-8-16(14-18)19-22-23-21(24(19)3)30-17-12-10-15(11-13-17)20(26)29-4;1-4-17(5-2)21(18,19)11-8-6-7-10(9-11)12-14-15-13(20)16(12)3;1-11-8(10)6-2-4-7(9)5-3-6/h7-14H,5-6H2,1-4H3;6-9H,4-5H2,1-3H3,(H,15,20);2-5H,1H3. The molecular weight excluding hydrogens is 1000 g/mol. The molecule has 6 aromatic rings. The van der Waals surface area contributed by atoms with Crippen molar-refractivity contribution in [2.75, 3.05) is 40.4 Å². The Morgan fingerprint density at radius 2 is 1.13 bits per heavy atom. The van der Waals surface area contributed by atoms with Crippen molar-refractivity contribution in [1.29, 1.82) is 0 Å². The summed E-state index contributed by atoms with van der Waals surface area (Å²) in [5, 5.41) is 16.0. The van der Waals surface area contributed by atoms with E-state index in [4.69, 9.17) is 17.0 Å². The predicted octanol–water partition coefficient (Wildman–Crippen LogP) is 7.70. The van der Waals surface area contributed by atoms with E-state index in [1.165, 1.54) is 34.6 Å². The topological polar surface area (TPSA) is 192 Å². The number of methoxy groups -OCH3 is 2. The van der Waals surface area contributed by atoms with E-state index < -0.39 is 26.0 Å². The van der Waals surface area contributed by atoms with Crippen molar-refractivity contribution in [1.82, 2.24) is 38.1 Å². The van der Waals surface area contributed by atoms with Gasteiger partial charge in [-0.25, -0.2) is 26.4 Å². The lowest BCUT2D eigenvalue weighted by atomic mass is 10.2. The summed E-state index contributed by atoms with van der Waals surface area (Å²) < 4.78 is 68.0. The summed E-state index contributed by atoms with van der Waals surface area (Å²) in [7, 11) is -0.718. The van der Waals surface area contributed by atoms with Crippen LogP contribution >= 0.6 is 46.6 Å². The molecule has 63 heavy (non-hydrogen) atoms. The first kappa shape index (κ1) is 50.9. The molecule has 0 aliphatic heterocycles. The molecule has 6 rings (SSSR count). The number of hydrogen-bond acceptors (Lipinski definition) is 13. The van der Waals surface area contributed by atoms with Crippen LogP contribution in [0.4, 0.5) is 0 Å². The van der Waals surface area contributed by atoms with Gasteiger partial charge in [-0.1, -0.05) is 52.0 Å². The van der Waals surface area contributed by atoms with Gasteiger partial charge >= 0.3 is 11.9 Å². The Labute approximate surface area is 391 Å². The number of sulfonamides is 2. The van der Waals surface area contributed by atoms with Crippen molar-refractivity contribution in [3.63, 3.8) is 0 Å². The number of aromatic amines is 1. The third kappa shape index (κ3) is 12.7. The third-order valence-electron chi connectivity index (χ3n) is 9.34. The van der Waals surface area contributed by atoms with Gasteiger partial charge in [-0.15, -0.1) is 10.2 Å². The van der Waals surface area contributed by atoms with Crippen molar-refractivity contribution in [3.05, 3.63) is 117 Å². The fourth-order valence-corrected chi connectivity index (χ4v) is 10.2. The molecule has 0 spiro atoms. The lowest BCUT2D eigenvalue weighted by molar-refractivity contribution is 0.0592. The van der Waals surface area contributed by atoms with E-state index in [1.54, 1.807) is 72.3 Å². The quantitative estimate of drug-likeness (QED) is 0.0635. The van der Waals surface area contributed by atoms with E-state index in [0.29, 0.717) is 70.0 Å². The molecule has 0 amide bonds. The van der Waals surface area contributed by atoms with Crippen LogP contribution < -0.4 is 0 Å². The van der Waals surface area contributed by atoms with Crippen molar-refractivity contribution >= 4 is 78.6 Å². The van der Waals surface area contributed by atoms with E-state index in [0.717, 1.165) is 8.47 Å². The Morgan fingerprint density at radius 1 is 0.683 bits per heavy atom.